The Bertz CT molecular complexity index is 366. The largest absolute Gasteiger partial charge is 0.368 e. The highest BCUT2D eigenvalue weighted by Gasteiger charge is 2.07. The number of aryl methyl sites for hydroxylation is 1. The van der Waals surface area contributed by atoms with Crippen LogP contribution < -0.4 is 10.6 Å². The van der Waals surface area contributed by atoms with E-state index in [1.807, 2.05) is 20.2 Å². The second-order valence-electron chi connectivity index (χ2n) is 4.64. The molecule has 1 aromatic rings. The fraction of sp³-hybridized carbons (Fsp3) is 0.692. The second-order valence-corrected chi connectivity index (χ2v) is 4.64. The molecular formula is C13H25N5. The molecule has 2 N–H and O–H groups in total. The molecule has 18 heavy (non-hydrogen) atoms. The van der Waals surface area contributed by atoms with Crippen LogP contribution >= 0.6 is 0 Å². The van der Waals surface area contributed by atoms with Crippen molar-refractivity contribution in [2.75, 3.05) is 37.8 Å². The van der Waals surface area contributed by atoms with Gasteiger partial charge in [-0.15, -0.1) is 0 Å². The van der Waals surface area contributed by atoms with E-state index in [9.17, 15) is 0 Å². The monoisotopic (exact) mass is 251 g/mol. The van der Waals surface area contributed by atoms with Crippen molar-refractivity contribution >= 4 is 11.8 Å². The maximum absolute atomic E-state index is 4.40. The Hall–Kier alpha value is -1.36. The first kappa shape index (κ1) is 14.7. The van der Waals surface area contributed by atoms with Crippen molar-refractivity contribution in [1.82, 2.24) is 14.9 Å². The van der Waals surface area contributed by atoms with Crippen LogP contribution in [-0.2, 0) is 0 Å². The van der Waals surface area contributed by atoms with Crippen LogP contribution in [0.3, 0.4) is 0 Å². The summed E-state index contributed by atoms with van der Waals surface area (Å²) in [6.45, 7) is 8.37. The number of nitrogens with one attached hydrogen (secondary N) is 2. The highest BCUT2D eigenvalue weighted by molar-refractivity contribution is 5.46. The molecule has 0 radical (unpaired) electrons. The third kappa shape index (κ3) is 4.14. The van der Waals surface area contributed by atoms with Crippen molar-refractivity contribution in [1.29, 1.82) is 0 Å². The molecular weight excluding hydrogens is 226 g/mol. The Morgan fingerprint density at radius 2 is 2.17 bits per heavy atom. The Kier molecular flexibility index (Phi) is 5.85. The summed E-state index contributed by atoms with van der Waals surface area (Å²) < 4.78 is 0. The van der Waals surface area contributed by atoms with Crippen LogP contribution in [0.1, 0.15) is 25.8 Å². The van der Waals surface area contributed by atoms with Gasteiger partial charge in [-0.05, 0) is 27.3 Å². The molecule has 5 nitrogen and oxygen atoms in total. The summed E-state index contributed by atoms with van der Waals surface area (Å²) >= 11 is 0. The second kappa shape index (κ2) is 7.16. The fourth-order valence-electron chi connectivity index (χ4n) is 1.62. The molecule has 0 saturated carbocycles. The average molecular weight is 251 g/mol. The Balaban J connectivity index is 2.48. The van der Waals surface area contributed by atoms with Gasteiger partial charge in [0.2, 0.25) is 5.95 Å². The maximum Gasteiger partial charge on any atom is 0.224 e. The number of hydrogen-bond donors (Lipinski definition) is 2. The number of likely N-dealkylation sites (N-methyl/N-ethyl adjacent to an activating group) is 1. The van der Waals surface area contributed by atoms with Gasteiger partial charge in [-0.3, -0.25) is 0 Å². The van der Waals surface area contributed by atoms with Crippen LogP contribution in [0.25, 0.3) is 0 Å². The van der Waals surface area contributed by atoms with Crippen LogP contribution in [0.2, 0.25) is 0 Å². The van der Waals surface area contributed by atoms with E-state index in [0.717, 1.165) is 24.5 Å². The van der Waals surface area contributed by atoms with Gasteiger partial charge in [0.05, 0.1) is 0 Å². The third-order valence-electron chi connectivity index (χ3n) is 3.30. The molecule has 0 bridgehead atoms. The molecule has 1 heterocycles. The molecule has 0 aromatic carbocycles. The standard InChI is InChI=1S/C13H25N5/c1-6-11(3)18(5)8-7-15-12-10(2)9-16-13(14-4)17-12/h9,11H,6-8H2,1-5H3,(H2,14,15,16,17). The van der Waals surface area contributed by atoms with Gasteiger partial charge in [-0.2, -0.15) is 4.98 Å². The van der Waals surface area contributed by atoms with Crippen LogP contribution in [0.15, 0.2) is 6.20 Å². The van der Waals surface area contributed by atoms with Crippen molar-refractivity contribution < 1.29 is 0 Å². The van der Waals surface area contributed by atoms with E-state index in [4.69, 9.17) is 0 Å². The molecule has 0 aliphatic heterocycles. The Labute approximate surface area is 110 Å². The summed E-state index contributed by atoms with van der Waals surface area (Å²) in [7, 11) is 3.98. The van der Waals surface area contributed by atoms with Crippen LogP contribution in [0.5, 0.6) is 0 Å². The molecule has 1 unspecified atom stereocenters. The average Bonchev–Trinajstić information content (AvgIpc) is 2.39. The molecule has 102 valence electrons. The van der Waals surface area contributed by atoms with E-state index >= 15 is 0 Å². The summed E-state index contributed by atoms with van der Waals surface area (Å²) in [6.07, 6.45) is 3.01. The molecule has 1 atom stereocenters. The summed E-state index contributed by atoms with van der Waals surface area (Å²) in [6, 6.07) is 0.617. The lowest BCUT2D eigenvalue weighted by atomic mass is 10.2. The molecule has 0 spiro atoms. The Morgan fingerprint density at radius 3 is 2.78 bits per heavy atom. The number of hydrogen-bond acceptors (Lipinski definition) is 5. The van der Waals surface area contributed by atoms with Gasteiger partial charge in [-0.25, -0.2) is 4.98 Å². The highest BCUT2D eigenvalue weighted by atomic mass is 15.2. The highest BCUT2D eigenvalue weighted by Crippen LogP contribution is 2.11. The molecule has 0 aliphatic carbocycles. The molecule has 5 heteroatoms. The van der Waals surface area contributed by atoms with Gasteiger partial charge < -0.3 is 15.5 Å². The topological polar surface area (TPSA) is 53.1 Å². The first-order valence-corrected chi connectivity index (χ1v) is 6.54. The van der Waals surface area contributed by atoms with Gasteiger partial charge in [0.1, 0.15) is 5.82 Å². The van der Waals surface area contributed by atoms with Gasteiger partial charge in [0.25, 0.3) is 0 Å². The van der Waals surface area contributed by atoms with Crippen LogP contribution in [0, 0.1) is 6.92 Å². The van der Waals surface area contributed by atoms with Crippen molar-refractivity contribution in [3.8, 4) is 0 Å². The van der Waals surface area contributed by atoms with Crippen molar-refractivity contribution in [2.45, 2.75) is 33.2 Å². The van der Waals surface area contributed by atoms with E-state index < -0.39 is 0 Å². The molecule has 1 rings (SSSR count). The number of nitrogens with zero attached hydrogens (tertiary/aromatic N) is 3. The smallest absolute Gasteiger partial charge is 0.224 e. The van der Waals surface area contributed by atoms with E-state index in [0.29, 0.717) is 12.0 Å². The van der Waals surface area contributed by atoms with Crippen LogP contribution in [-0.4, -0.2) is 48.1 Å². The number of aromatic nitrogens is 2. The summed E-state index contributed by atoms with van der Waals surface area (Å²) in [4.78, 5) is 10.9. The van der Waals surface area contributed by atoms with Crippen molar-refractivity contribution in [3.05, 3.63) is 11.8 Å². The summed E-state index contributed by atoms with van der Waals surface area (Å²) in [5.74, 6) is 1.56. The summed E-state index contributed by atoms with van der Waals surface area (Å²) in [5.41, 5.74) is 1.07. The lowest BCUT2D eigenvalue weighted by Crippen LogP contribution is -2.32. The predicted molar refractivity (Wildman–Crippen MR) is 77.2 cm³/mol. The normalized spacial score (nSPS) is 12.6. The van der Waals surface area contributed by atoms with Gasteiger partial charge in [0, 0.05) is 37.9 Å². The zero-order chi connectivity index (χ0) is 13.5. The van der Waals surface area contributed by atoms with E-state index in [1.54, 1.807) is 0 Å². The molecule has 0 saturated heterocycles. The predicted octanol–water partition coefficient (Wildman–Crippen LogP) is 1.97. The first-order chi connectivity index (χ1) is 8.58. The fourth-order valence-corrected chi connectivity index (χ4v) is 1.62. The zero-order valence-corrected chi connectivity index (χ0v) is 12.1. The van der Waals surface area contributed by atoms with Crippen LogP contribution in [0.4, 0.5) is 11.8 Å². The van der Waals surface area contributed by atoms with Gasteiger partial charge in [-0.1, -0.05) is 6.92 Å². The zero-order valence-electron chi connectivity index (χ0n) is 12.1. The van der Waals surface area contributed by atoms with Gasteiger partial charge >= 0.3 is 0 Å². The summed E-state index contributed by atoms with van der Waals surface area (Å²) in [5, 5.41) is 6.31. The number of anilines is 2. The third-order valence-corrected chi connectivity index (χ3v) is 3.30. The minimum Gasteiger partial charge on any atom is -0.368 e. The maximum atomic E-state index is 4.40. The lowest BCUT2D eigenvalue weighted by molar-refractivity contribution is 0.261. The minimum absolute atomic E-state index is 0.617. The van der Waals surface area contributed by atoms with Crippen molar-refractivity contribution in [3.63, 3.8) is 0 Å². The molecule has 0 fully saturated rings. The lowest BCUT2D eigenvalue weighted by Gasteiger charge is -2.23. The first-order valence-electron chi connectivity index (χ1n) is 6.54. The Morgan fingerprint density at radius 1 is 1.44 bits per heavy atom. The van der Waals surface area contributed by atoms with Gasteiger partial charge in [0.15, 0.2) is 0 Å². The minimum atomic E-state index is 0.617. The SMILES string of the molecule is CCC(C)N(C)CCNc1nc(NC)ncc1C. The molecule has 1 aromatic heterocycles. The molecule has 0 amide bonds. The van der Waals surface area contributed by atoms with E-state index in [-0.39, 0.29) is 0 Å². The quantitative estimate of drug-likeness (QED) is 0.776. The van der Waals surface area contributed by atoms with E-state index in [1.165, 1.54) is 6.42 Å². The van der Waals surface area contributed by atoms with E-state index in [2.05, 4.69) is 46.4 Å². The number of rotatable bonds is 7. The van der Waals surface area contributed by atoms with Crippen molar-refractivity contribution in [2.24, 2.45) is 0 Å². The molecule has 0 aliphatic rings.